The van der Waals surface area contributed by atoms with E-state index in [-0.39, 0.29) is 6.61 Å². The summed E-state index contributed by atoms with van der Waals surface area (Å²) in [7, 11) is 0. The highest BCUT2D eigenvalue weighted by atomic mass is 16.6. The highest BCUT2D eigenvalue weighted by Gasteiger charge is 2.14. The predicted molar refractivity (Wildman–Crippen MR) is 79.1 cm³/mol. The number of hydrogen-bond donors (Lipinski definition) is 0. The molecule has 1 unspecified atom stereocenters. The van der Waals surface area contributed by atoms with Crippen LogP contribution in [-0.4, -0.2) is 24.6 Å². The molecule has 0 amide bonds. The van der Waals surface area contributed by atoms with Gasteiger partial charge in [0.05, 0.1) is 0 Å². The van der Waals surface area contributed by atoms with Gasteiger partial charge in [0.15, 0.2) is 0 Å². The average Bonchev–Trinajstić information content (AvgIpc) is 2.47. The first-order valence-corrected chi connectivity index (χ1v) is 6.87. The van der Waals surface area contributed by atoms with Crippen molar-refractivity contribution in [1.82, 2.24) is 0 Å². The van der Waals surface area contributed by atoms with E-state index < -0.39 is 18.0 Å². The van der Waals surface area contributed by atoms with Crippen molar-refractivity contribution in [3.05, 3.63) is 38.0 Å². The molecule has 0 bridgehead atoms. The number of ether oxygens (including phenoxy) is 2. The Morgan fingerprint density at radius 2 is 1.60 bits per heavy atom. The quantitative estimate of drug-likeness (QED) is 0.238. The molecular weight excluding hydrogens is 256 g/mol. The Morgan fingerprint density at radius 1 is 0.950 bits per heavy atom. The van der Waals surface area contributed by atoms with Crippen molar-refractivity contribution in [2.75, 3.05) is 6.61 Å². The van der Waals surface area contributed by atoms with Gasteiger partial charge >= 0.3 is 11.9 Å². The van der Waals surface area contributed by atoms with Crippen LogP contribution in [0.1, 0.15) is 38.5 Å². The molecule has 0 aromatic carbocycles. The Kier molecular flexibility index (Phi) is 11.1. The van der Waals surface area contributed by atoms with Crippen LogP contribution in [0.25, 0.3) is 0 Å². The lowest BCUT2D eigenvalue weighted by Gasteiger charge is -2.16. The van der Waals surface area contributed by atoms with Gasteiger partial charge in [0, 0.05) is 12.2 Å². The lowest BCUT2D eigenvalue weighted by molar-refractivity contribution is -0.153. The van der Waals surface area contributed by atoms with Gasteiger partial charge in [-0.25, -0.2) is 9.59 Å². The second kappa shape index (κ2) is 12.2. The zero-order valence-corrected chi connectivity index (χ0v) is 12.0. The fourth-order valence-corrected chi connectivity index (χ4v) is 1.64. The maximum absolute atomic E-state index is 11.2. The molecule has 0 aromatic rings. The Labute approximate surface area is 121 Å². The van der Waals surface area contributed by atoms with Crippen LogP contribution in [0.3, 0.4) is 0 Å². The summed E-state index contributed by atoms with van der Waals surface area (Å²) in [4.78, 5) is 22.2. The van der Waals surface area contributed by atoms with Crippen LogP contribution >= 0.6 is 0 Å². The lowest BCUT2D eigenvalue weighted by atomic mass is 10.1. The summed E-state index contributed by atoms with van der Waals surface area (Å²) in [5, 5.41) is 0. The molecule has 0 aliphatic rings. The van der Waals surface area contributed by atoms with Crippen molar-refractivity contribution in [2.45, 2.75) is 44.6 Å². The van der Waals surface area contributed by atoms with E-state index in [1.54, 1.807) is 0 Å². The van der Waals surface area contributed by atoms with Crippen LogP contribution in [0.4, 0.5) is 0 Å². The fourth-order valence-electron chi connectivity index (χ4n) is 1.64. The third-order valence-electron chi connectivity index (χ3n) is 2.71. The highest BCUT2D eigenvalue weighted by Crippen LogP contribution is 2.11. The van der Waals surface area contributed by atoms with E-state index in [0.717, 1.165) is 44.3 Å². The number of carbonyl (C=O) groups excluding carboxylic acids is 2. The van der Waals surface area contributed by atoms with E-state index in [4.69, 9.17) is 9.47 Å². The van der Waals surface area contributed by atoms with E-state index in [1.807, 2.05) is 6.08 Å². The molecule has 0 saturated heterocycles. The van der Waals surface area contributed by atoms with Gasteiger partial charge in [-0.05, 0) is 25.7 Å². The van der Waals surface area contributed by atoms with Crippen LogP contribution in [0.5, 0.6) is 0 Å². The van der Waals surface area contributed by atoms with Gasteiger partial charge in [-0.3, -0.25) is 0 Å². The fraction of sp³-hybridized carbons (Fsp3) is 0.500. The molecule has 0 rings (SSSR count). The second-order valence-corrected chi connectivity index (χ2v) is 4.38. The molecule has 0 aliphatic heterocycles. The Bertz CT molecular complexity index is 333. The van der Waals surface area contributed by atoms with Gasteiger partial charge in [0.1, 0.15) is 12.7 Å². The van der Waals surface area contributed by atoms with Crippen molar-refractivity contribution >= 4 is 11.9 Å². The van der Waals surface area contributed by atoms with E-state index in [2.05, 4.69) is 19.7 Å². The molecule has 1 atom stereocenters. The molecule has 0 aliphatic carbocycles. The first kappa shape index (κ1) is 18.2. The topological polar surface area (TPSA) is 52.6 Å². The predicted octanol–water partition coefficient (Wildman–Crippen LogP) is 3.34. The number of rotatable bonds is 12. The standard InChI is InChI=1S/C16H24O4/c1-4-7-8-9-10-11-12-14(20-16(18)6-3)13-19-15(17)5-2/h4-6,14H,1-3,7-13H2. The second-order valence-electron chi connectivity index (χ2n) is 4.38. The van der Waals surface area contributed by atoms with Crippen molar-refractivity contribution in [3.8, 4) is 0 Å². The molecule has 0 heterocycles. The van der Waals surface area contributed by atoms with Gasteiger partial charge in [-0.2, -0.15) is 0 Å². The maximum atomic E-state index is 11.2. The molecular formula is C16H24O4. The summed E-state index contributed by atoms with van der Waals surface area (Å²) < 4.78 is 10.1. The highest BCUT2D eigenvalue weighted by molar-refractivity contribution is 5.82. The normalized spacial score (nSPS) is 11.2. The summed E-state index contributed by atoms with van der Waals surface area (Å²) in [6, 6.07) is 0. The van der Waals surface area contributed by atoms with E-state index in [1.165, 1.54) is 0 Å². The minimum atomic E-state index is -0.518. The number of esters is 2. The summed E-state index contributed by atoms with van der Waals surface area (Å²) in [6.45, 7) is 10.4. The molecule has 20 heavy (non-hydrogen) atoms. The molecule has 112 valence electrons. The number of unbranched alkanes of at least 4 members (excludes halogenated alkanes) is 4. The van der Waals surface area contributed by atoms with Crippen LogP contribution < -0.4 is 0 Å². The van der Waals surface area contributed by atoms with Gasteiger partial charge < -0.3 is 9.47 Å². The first-order chi connectivity index (χ1) is 9.63. The van der Waals surface area contributed by atoms with Gasteiger partial charge in [-0.1, -0.05) is 32.1 Å². The summed E-state index contributed by atoms with van der Waals surface area (Å²) in [5.41, 5.74) is 0. The molecule has 0 spiro atoms. The van der Waals surface area contributed by atoms with Crippen LogP contribution in [0.2, 0.25) is 0 Å². The van der Waals surface area contributed by atoms with Gasteiger partial charge in [-0.15, -0.1) is 6.58 Å². The van der Waals surface area contributed by atoms with Crippen LogP contribution in [0.15, 0.2) is 38.0 Å². The summed E-state index contributed by atoms with van der Waals surface area (Å²) in [5.74, 6) is -1.02. The molecule has 0 fully saturated rings. The van der Waals surface area contributed by atoms with E-state index in [0.29, 0.717) is 6.42 Å². The number of hydrogen-bond acceptors (Lipinski definition) is 4. The van der Waals surface area contributed by atoms with Crippen molar-refractivity contribution < 1.29 is 19.1 Å². The Morgan fingerprint density at radius 3 is 2.20 bits per heavy atom. The summed E-state index contributed by atoms with van der Waals surface area (Å²) in [6.07, 6.45) is 9.54. The van der Waals surface area contributed by atoms with Crippen LogP contribution in [-0.2, 0) is 19.1 Å². The maximum Gasteiger partial charge on any atom is 0.330 e. The molecule has 4 nitrogen and oxygen atoms in total. The van der Waals surface area contributed by atoms with Gasteiger partial charge in [0.25, 0.3) is 0 Å². The van der Waals surface area contributed by atoms with Crippen molar-refractivity contribution in [3.63, 3.8) is 0 Å². The largest absolute Gasteiger partial charge is 0.459 e. The monoisotopic (exact) mass is 280 g/mol. The molecule has 0 radical (unpaired) electrons. The number of carbonyl (C=O) groups is 2. The minimum absolute atomic E-state index is 0.0527. The molecule has 0 N–H and O–H groups in total. The zero-order valence-electron chi connectivity index (χ0n) is 12.0. The van der Waals surface area contributed by atoms with Crippen molar-refractivity contribution in [2.24, 2.45) is 0 Å². The average molecular weight is 280 g/mol. The smallest absolute Gasteiger partial charge is 0.330 e. The Balaban J connectivity index is 4.00. The number of allylic oxidation sites excluding steroid dienone is 1. The third kappa shape index (κ3) is 10.1. The summed E-state index contributed by atoms with van der Waals surface area (Å²) >= 11 is 0. The van der Waals surface area contributed by atoms with Crippen molar-refractivity contribution in [1.29, 1.82) is 0 Å². The SMILES string of the molecule is C=CCCCCCCC(COC(=O)C=C)OC(=O)C=C. The van der Waals surface area contributed by atoms with E-state index >= 15 is 0 Å². The first-order valence-electron chi connectivity index (χ1n) is 6.87. The lowest BCUT2D eigenvalue weighted by Crippen LogP contribution is -2.24. The zero-order chi connectivity index (χ0) is 15.2. The Hall–Kier alpha value is -1.84. The minimum Gasteiger partial charge on any atom is -0.459 e. The molecule has 0 aromatic heterocycles. The van der Waals surface area contributed by atoms with Crippen LogP contribution in [0, 0.1) is 0 Å². The van der Waals surface area contributed by atoms with E-state index in [9.17, 15) is 9.59 Å². The molecule has 4 heteroatoms. The van der Waals surface area contributed by atoms with Gasteiger partial charge in [0.2, 0.25) is 0 Å². The third-order valence-corrected chi connectivity index (χ3v) is 2.71. The molecule has 0 saturated carbocycles.